The molecule has 0 radical (unpaired) electrons. The molecule has 0 heterocycles. The normalized spacial score (nSPS) is 13.1. The first-order chi connectivity index (χ1) is 14.4. The van der Waals surface area contributed by atoms with Gasteiger partial charge >= 0.3 is 0 Å². The molecule has 4 aromatic carbocycles. The molecule has 0 unspecified atom stereocenters. The number of carbonyl (C=O) groups excluding carboxylic acids is 2. The maximum absolute atomic E-state index is 12.9. The first-order valence-electron chi connectivity index (χ1n) is 9.28. The van der Waals surface area contributed by atoms with Crippen molar-refractivity contribution < 1.29 is 18.0 Å². The van der Waals surface area contributed by atoms with Crippen molar-refractivity contribution in [3.63, 3.8) is 0 Å². The quantitative estimate of drug-likeness (QED) is 0.475. The SMILES string of the molecule is O=C1c2ccccc2C(=O)c2cc(S(=O)(=O)Nc3ccc4ccccc4c3)ccc21. The maximum atomic E-state index is 12.9. The molecule has 1 aliphatic rings. The summed E-state index contributed by atoms with van der Waals surface area (Å²) in [5, 5.41) is 1.90. The van der Waals surface area contributed by atoms with Crippen molar-refractivity contribution in [2.45, 2.75) is 4.90 Å². The van der Waals surface area contributed by atoms with Crippen LogP contribution in [-0.4, -0.2) is 20.0 Å². The van der Waals surface area contributed by atoms with Crippen LogP contribution in [0.25, 0.3) is 10.8 Å². The average Bonchev–Trinajstić information content (AvgIpc) is 2.77. The summed E-state index contributed by atoms with van der Waals surface area (Å²) >= 11 is 0. The van der Waals surface area contributed by atoms with Crippen LogP contribution in [0.5, 0.6) is 0 Å². The minimum atomic E-state index is -3.95. The van der Waals surface area contributed by atoms with Crippen LogP contribution in [0.4, 0.5) is 5.69 Å². The van der Waals surface area contributed by atoms with Crippen molar-refractivity contribution in [3.8, 4) is 0 Å². The van der Waals surface area contributed by atoms with Crippen molar-refractivity contribution >= 4 is 38.0 Å². The fourth-order valence-corrected chi connectivity index (χ4v) is 4.79. The highest BCUT2D eigenvalue weighted by molar-refractivity contribution is 7.92. The van der Waals surface area contributed by atoms with Crippen LogP contribution in [0.15, 0.2) is 89.8 Å². The Hall–Kier alpha value is -3.77. The number of hydrogen-bond acceptors (Lipinski definition) is 4. The number of hydrogen-bond donors (Lipinski definition) is 1. The molecule has 0 aromatic heterocycles. The van der Waals surface area contributed by atoms with E-state index in [-0.39, 0.29) is 33.2 Å². The van der Waals surface area contributed by atoms with Crippen LogP contribution in [0.2, 0.25) is 0 Å². The Bertz CT molecular complexity index is 1470. The molecule has 6 heteroatoms. The number of carbonyl (C=O) groups is 2. The number of benzene rings is 4. The third kappa shape index (κ3) is 2.89. The Morgan fingerprint density at radius 2 is 1.17 bits per heavy atom. The Morgan fingerprint density at radius 1 is 0.567 bits per heavy atom. The highest BCUT2D eigenvalue weighted by Crippen LogP contribution is 2.30. The van der Waals surface area contributed by atoms with Gasteiger partial charge in [-0.1, -0.05) is 54.6 Å². The van der Waals surface area contributed by atoms with Gasteiger partial charge in [0.15, 0.2) is 11.6 Å². The molecule has 0 atom stereocenters. The summed E-state index contributed by atoms with van der Waals surface area (Å²) in [7, 11) is -3.95. The Morgan fingerprint density at radius 3 is 1.90 bits per heavy atom. The Kier molecular flexibility index (Phi) is 4.04. The molecule has 1 N–H and O–H groups in total. The zero-order chi connectivity index (χ0) is 20.9. The van der Waals surface area contributed by atoms with Gasteiger partial charge < -0.3 is 0 Å². The average molecular weight is 413 g/mol. The van der Waals surface area contributed by atoms with E-state index >= 15 is 0 Å². The van der Waals surface area contributed by atoms with E-state index in [2.05, 4.69) is 4.72 Å². The summed E-state index contributed by atoms with van der Waals surface area (Å²) in [6, 6.07) is 23.5. The summed E-state index contributed by atoms with van der Waals surface area (Å²) in [5.41, 5.74) is 1.34. The molecular weight excluding hydrogens is 398 g/mol. The standard InChI is InChI=1S/C24H15NO4S/c26-23-19-7-3-4-8-20(19)24(27)22-14-18(11-12-21(22)23)30(28,29)25-17-10-9-15-5-1-2-6-16(15)13-17/h1-14,25H. The molecule has 146 valence electrons. The smallest absolute Gasteiger partial charge is 0.261 e. The maximum Gasteiger partial charge on any atom is 0.261 e. The van der Waals surface area contributed by atoms with Gasteiger partial charge in [-0.25, -0.2) is 8.42 Å². The second-order valence-electron chi connectivity index (χ2n) is 7.08. The summed E-state index contributed by atoms with van der Waals surface area (Å²) < 4.78 is 28.5. The van der Waals surface area contributed by atoms with Crippen LogP contribution < -0.4 is 4.72 Å². The number of anilines is 1. The minimum absolute atomic E-state index is 0.0741. The second kappa shape index (κ2) is 6.64. The van der Waals surface area contributed by atoms with Gasteiger partial charge in [0.1, 0.15) is 0 Å². The molecular formula is C24H15NO4S. The van der Waals surface area contributed by atoms with Gasteiger partial charge in [0.2, 0.25) is 0 Å². The Balaban J connectivity index is 1.54. The van der Waals surface area contributed by atoms with E-state index < -0.39 is 10.0 Å². The third-order valence-corrected chi connectivity index (χ3v) is 6.59. The zero-order valence-corrected chi connectivity index (χ0v) is 16.4. The molecule has 30 heavy (non-hydrogen) atoms. The van der Waals surface area contributed by atoms with Gasteiger partial charge in [0.25, 0.3) is 10.0 Å². The molecule has 5 rings (SSSR count). The number of rotatable bonds is 3. The van der Waals surface area contributed by atoms with Crippen LogP contribution in [0, 0.1) is 0 Å². The molecule has 1 aliphatic carbocycles. The van der Waals surface area contributed by atoms with Crippen molar-refractivity contribution in [1.82, 2.24) is 0 Å². The van der Waals surface area contributed by atoms with Gasteiger partial charge in [0, 0.05) is 27.9 Å². The van der Waals surface area contributed by atoms with Crippen LogP contribution >= 0.6 is 0 Å². The molecule has 0 bridgehead atoms. The van der Waals surface area contributed by atoms with E-state index in [1.807, 2.05) is 30.3 Å². The zero-order valence-electron chi connectivity index (χ0n) is 15.6. The third-order valence-electron chi connectivity index (χ3n) is 5.21. The lowest BCUT2D eigenvalue weighted by molar-refractivity contribution is 0.0979. The van der Waals surface area contributed by atoms with Crippen LogP contribution in [0.1, 0.15) is 31.8 Å². The molecule has 0 saturated carbocycles. The summed E-state index contributed by atoms with van der Waals surface area (Å²) in [4.78, 5) is 25.5. The predicted molar refractivity (Wildman–Crippen MR) is 115 cm³/mol. The molecule has 0 aliphatic heterocycles. The van der Waals surface area contributed by atoms with Gasteiger partial charge in [-0.15, -0.1) is 0 Å². The lowest BCUT2D eigenvalue weighted by Crippen LogP contribution is -2.22. The largest absolute Gasteiger partial charge is 0.289 e. The fourth-order valence-electron chi connectivity index (χ4n) is 3.71. The first-order valence-corrected chi connectivity index (χ1v) is 10.8. The molecule has 0 amide bonds. The second-order valence-corrected chi connectivity index (χ2v) is 8.76. The molecule has 0 spiro atoms. The van der Waals surface area contributed by atoms with E-state index in [1.54, 1.807) is 36.4 Å². The molecule has 0 saturated heterocycles. The highest BCUT2D eigenvalue weighted by atomic mass is 32.2. The van der Waals surface area contributed by atoms with Gasteiger partial charge in [0.05, 0.1) is 4.90 Å². The predicted octanol–water partition coefficient (Wildman–Crippen LogP) is 4.42. The van der Waals surface area contributed by atoms with Crippen molar-refractivity contribution in [1.29, 1.82) is 0 Å². The lowest BCUT2D eigenvalue weighted by atomic mass is 9.84. The summed E-state index contributed by atoms with van der Waals surface area (Å²) in [5.74, 6) is -0.644. The fraction of sp³-hybridized carbons (Fsp3) is 0. The van der Waals surface area contributed by atoms with E-state index in [9.17, 15) is 18.0 Å². The number of fused-ring (bicyclic) bond motifs is 3. The molecule has 0 fully saturated rings. The van der Waals surface area contributed by atoms with Crippen molar-refractivity contribution in [2.24, 2.45) is 0 Å². The van der Waals surface area contributed by atoms with E-state index in [0.29, 0.717) is 11.3 Å². The monoisotopic (exact) mass is 413 g/mol. The first kappa shape index (κ1) is 18.3. The van der Waals surface area contributed by atoms with E-state index in [0.717, 1.165) is 10.8 Å². The molecule has 4 aromatic rings. The highest BCUT2D eigenvalue weighted by Gasteiger charge is 2.30. The van der Waals surface area contributed by atoms with Gasteiger partial charge in [-0.05, 0) is 41.1 Å². The van der Waals surface area contributed by atoms with Crippen molar-refractivity contribution in [3.05, 3.63) is 107 Å². The molecule has 5 nitrogen and oxygen atoms in total. The Labute approximate surface area is 173 Å². The van der Waals surface area contributed by atoms with E-state index in [4.69, 9.17) is 0 Å². The van der Waals surface area contributed by atoms with Gasteiger partial charge in [-0.2, -0.15) is 0 Å². The van der Waals surface area contributed by atoms with Crippen LogP contribution in [-0.2, 0) is 10.0 Å². The number of nitrogens with one attached hydrogen (secondary N) is 1. The lowest BCUT2D eigenvalue weighted by Gasteiger charge is -2.18. The summed E-state index contributed by atoms with van der Waals surface area (Å²) in [6.45, 7) is 0. The van der Waals surface area contributed by atoms with Crippen molar-refractivity contribution in [2.75, 3.05) is 4.72 Å². The van der Waals surface area contributed by atoms with Crippen LogP contribution in [0.3, 0.4) is 0 Å². The minimum Gasteiger partial charge on any atom is -0.289 e. The number of ketones is 2. The topological polar surface area (TPSA) is 80.3 Å². The number of sulfonamides is 1. The van der Waals surface area contributed by atoms with Gasteiger partial charge in [-0.3, -0.25) is 14.3 Å². The summed E-state index contributed by atoms with van der Waals surface area (Å²) in [6.07, 6.45) is 0. The van der Waals surface area contributed by atoms with E-state index in [1.165, 1.54) is 18.2 Å².